The molecule has 20 heavy (non-hydrogen) atoms. The van der Waals surface area contributed by atoms with Gasteiger partial charge in [-0.3, -0.25) is 4.99 Å². The second-order valence-electron chi connectivity index (χ2n) is 6.04. The highest BCUT2D eigenvalue weighted by atomic mass is 127. The van der Waals surface area contributed by atoms with Gasteiger partial charge in [-0.1, -0.05) is 37.3 Å². The van der Waals surface area contributed by atoms with E-state index in [2.05, 4.69) is 52.9 Å². The average Bonchev–Trinajstić information content (AvgIpc) is 3.35. The molecule has 2 saturated carbocycles. The zero-order valence-corrected chi connectivity index (χ0v) is 14.6. The van der Waals surface area contributed by atoms with Crippen molar-refractivity contribution in [2.75, 3.05) is 13.6 Å². The third-order valence-electron chi connectivity index (χ3n) is 4.49. The highest BCUT2D eigenvalue weighted by Crippen LogP contribution is 2.47. The quantitative estimate of drug-likeness (QED) is 0.475. The van der Waals surface area contributed by atoms with E-state index in [9.17, 15) is 0 Å². The third-order valence-corrected chi connectivity index (χ3v) is 4.49. The van der Waals surface area contributed by atoms with Crippen LogP contribution < -0.4 is 10.6 Å². The lowest BCUT2D eigenvalue weighted by atomic mass is 9.96. The first-order valence-electron chi connectivity index (χ1n) is 7.26. The monoisotopic (exact) mass is 385 g/mol. The molecule has 0 radical (unpaired) electrons. The van der Waals surface area contributed by atoms with Crippen LogP contribution >= 0.6 is 24.0 Å². The molecule has 0 aromatic heterocycles. The summed E-state index contributed by atoms with van der Waals surface area (Å²) in [5.41, 5.74) is 1.80. The number of benzene rings is 1. The van der Waals surface area contributed by atoms with Gasteiger partial charge in [-0.05, 0) is 30.7 Å². The lowest BCUT2D eigenvalue weighted by Gasteiger charge is -2.19. The normalized spacial score (nSPS) is 26.4. The number of guanidine groups is 1. The maximum absolute atomic E-state index is 4.32. The van der Waals surface area contributed by atoms with Crippen LogP contribution in [0.4, 0.5) is 0 Å². The van der Waals surface area contributed by atoms with Gasteiger partial charge in [-0.2, -0.15) is 0 Å². The molecule has 2 atom stereocenters. The van der Waals surface area contributed by atoms with Crippen LogP contribution in [0.15, 0.2) is 35.3 Å². The fraction of sp³-hybridized carbons (Fsp3) is 0.562. The summed E-state index contributed by atoms with van der Waals surface area (Å²) in [5, 5.41) is 6.98. The number of hydrogen-bond donors (Lipinski definition) is 2. The second kappa shape index (κ2) is 6.33. The van der Waals surface area contributed by atoms with Gasteiger partial charge in [-0.15, -0.1) is 24.0 Å². The van der Waals surface area contributed by atoms with Crippen molar-refractivity contribution in [3.05, 3.63) is 35.9 Å². The molecule has 0 bridgehead atoms. The Morgan fingerprint density at radius 2 is 1.95 bits per heavy atom. The topological polar surface area (TPSA) is 36.4 Å². The van der Waals surface area contributed by atoms with Gasteiger partial charge < -0.3 is 10.6 Å². The predicted octanol–water partition coefficient (Wildman–Crippen LogP) is 2.91. The first-order valence-corrected chi connectivity index (χ1v) is 7.26. The van der Waals surface area contributed by atoms with Crippen molar-refractivity contribution in [3.63, 3.8) is 0 Å². The van der Waals surface area contributed by atoms with Crippen LogP contribution in [-0.2, 0) is 5.41 Å². The van der Waals surface area contributed by atoms with E-state index in [-0.39, 0.29) is 24.0 Å². The van der Waals surface area contributed by atoms with Gasteiger partial charge in [-0.25, -0.2) is 0 Å². The largest absolute Gasteiger partial charge is 0.356 e. The van der Waals surface area contributed by atoms with Crippen molar-refractivity contribution in [2.45, 2.75) is 37.6 Å². The van der Waals surface area contributed by atoms with Crippen molar-refractivity contribution in [1.29, 1.82) is 0 Å². The van der Waals surface area contributed by atoms with Crippen molar-refractivity contribution < 1.29 is 0 Å². The van der Waals surface area contributed by atoms with Gasteiger partial charge in [0.15, 0.2) is 5.96 Å². The molecule has 1 aromatic carbocycles. The molecular weight excluding hydrogens is 361 g/mol. The van der Waals surface area contributed by atoms with E-state index < -0.39 is 0 Å². The van der Waals surface area contributed by atoms with Crippen LogP contribution in [0.5, 0.6) is 0 Å². The molecule has 4 heteroatoms. The highest BCUT2D eigenvalue weighted by molar-refractivity contribution is 14.0. The fourth-order valence-electron chi connectivity index (χ4n) is 2.66. The molecule has 3 rings (SSSR count). The predicted molar refractivity (Wildman–Crippen MR) is 94.8 cm³/mol. The van der Waals surface area contributed by atoms with Crippen LogP contribution in [0.25, 0.3) is 0 Å². The van der Waals surface area contributed by atoms with E-state index in [1.165, 1.54) is 24.8 Å². The first-order chi connectivity index (χ1) is 9.23. The number of halogens is 1. The summed E-state index contributed by atoms with van der Waals surface area (Å²) in [6, 6.07) is 11.5. The number of aliphatic imine (C=N–C) groups is 1. The van der Waals surface area contributed by atoms with Crippen LogP contribution in [-0.4, -0.2) is 25.6 Å². The zero-order chi connectivity index (χ0) is 13.3. The minimum absolute atomic E-state index is 0. The second-order valence-corrected chi connectivity index (χ2v) is 6.04. The van der Waals surface area contributed by atoms with E-state index in [1.54, 1.807) is 0 Å². The van der Waals surface area contributed by atoms with E-state index in [0.717, 1.165) is 18.4 Å². The third kappa shape index (κ3) is 3.45. The molecule has 0 saturated heterocycles. The minimum Gasteiger partial charge on any atom is -0.356 e. The maximum Gasteiger partial charge on any atom is 0.191 e. The van der Waals surface area contributed by atoms with Crippen molar-refractivity contribution in [3.8, 4) is 0 Å². The van der Waals surface area contributed by atoms with Gasteiger partial charge >= 0.3 is 0 Å². The summed E-state index contributed by atoms with van der Waals surface area (Å²) in [7, 11) is 1.85. The molecule has 0 heterocycles. The molecule has 2 aliphatic carbocycles. The molecular formula is C16H24IN3. The number of nitrogens with one attached hydrogen (secondary N) is 2. The van der Waals surface area contributed by atoms with E-state index >= 15 is 0 Å². The summed E-state index contributed by atoms with van der Waals surface area (Å²) in [6.45, 7) is 3.26. The molecule has 2 aliphatic rings. The summed E-state index contributed by atoms with van der Waals surface area (Å²) in [5.74, 6) is 1.75. The zero-order valence-electron chi connectivity index (χ0n) is 12.2. The molecule has 0 amide bonds. The summed E-state index contributed by atoms with van der Waals surface area (Å²) < 4.78 is 0. The standard InChI is InChI=1S/C16H23N3.HI/c1-12-10-14(12)19-15(17-2)18-11-16(8-9-16)13-6-4-3-5-7-13;/h3-7,12,14H,8-11H2,1-2H3,(H2,17,18,19);1H. The van der Waals surface area contributed by atoms with Gasteiger partial charge in [0, 0.05) is 25.0 Å². The first kappa shape index (κ1) is 15.6. The smallest absolute Gasteiger partial charge is 0.191 e. The summed E-state index contributed by atoms with van der Waals surface area (Å²) >= 11 is 0. The van der Waals surface area contributed by atoms with Gasteiger partial charge in [0.1, 0.15) is 0 Å². The molecule has 2 fully saturated rings. The molecule has 0 aliphatic heterocycles. The van der Waals surface area contributed by atoms with Gasteiger partial charge in [0.05, 0.1) is 0 Å². The summed E-state index contributed by atoms with van der Waals surface area (Å²) in [4.78, 5) is 4.32. The lowest BCUT2D eigenvalue weighted by molar-refractivity contribution is 0.642. The van der Waals surface area contributed by atoms with E-state index in [1.807, 2.05) is 7.05 Å². The van der Waals surface area contributed by atoms with Crippen LogP contribution in [0.2, 0.25) is 0 Å². The minimum atomic E-state index is 0. The Labute approximate surface area is 138 Å². The van der Waals surface area contributed by atoms with Gasteiger partial charge in [0.25, 0.3) is 0 Å². The number of nitrogens with zero attached hydrogens (tertiary/aromatic N) is 1. The van der Waals surface area contributed by atoms with Crippen molar-refractivity contribution >= 4 is 29.9 Å². The van der Waals surface area contributed by atoms with Crippen molar-refractivity contribution in [2.24, 2.45) is 10.9 Å². The Hall–Kier alpha value is -0.780. The Morgan fingerprint density at radius 3 is 2.45 bits per heavy atom. The number of rotatable bonds is 4. The fourth-order valence-corrected chi connectivity index (χ4v) is 2.66. The Balaban J connectivity index is 0.00000147. The Bertz CT molecular complexity index is 468. The molecule has 0 spiro atoms. The van der Waals surface area contributed by atoms with E-state index in [4.69, 9.17) is 0 Å². The maximum atomic E-state index is 4.32. The van der Waals surface area contributed by atoms with Crippen LogP contribution in [0.1, 0.15) is 31.7 Å². The Morgan fingerprint density at radius 1 is 1.30 bits per heavy atom. The van der Waals surface area contributed by atoms with Crippen LogP contribution in [0, 0.1) is 5.92 Å². The molecule has 1 aromatic rings. The summed E-state index contributed by atoms with van der Waals surface area (Å²) in [6.07, 6.45) is 3.83. The highest BCUT2D eigenvalue weighted by Gasteiger charge is 2.44. The van der Waals surface area contributed by atoms with E-state index in [0.29, 0.717) is 11.5 Å². The molecule has 2 unspecified atom stereocenters. The Kier molecular flexibility index (Phi) is 4.94. The molecule has 110 valence electrons. The molecule has 3 nitrogen and oxygen atoms in total. The lowest BCUT2D eigenvalue weighted by Crippen LogP contribution is -2.42. The van der Waals surface area contributed by atoms with Gasteiger partial charge in [0.2, 0.25) is 0 Å². The molecule has 2 N–H and O–H groups in total. The van der Waals surface area contributed by atoms with Crippen molar-refractivity contribution in [1.82, 2.24) is 10.6 Å². The van der Waals surface area contributed by atoms with Crippen LogP contribution in [0.3, 0.4) is 0 Å². The number of hydrogen-bond acceptors (Lipinski definition) is 1. The average molecular weight is 385 g/mol. The SMILES string of the molecule is CN=C(NCC1(c2ccccc2)CC1)NC1CC1C.I.